The largest absolute Gasteiger partial charge is 0.497 e. The van der Waals surface area contributed by atoms with Gasteiger partial charge in [0, 0.05) is 39.2 Å². The zero-order valence-corrected chi connectivity index (χ0v) is 14.0. The summed E-state index contributed by atoms with van der Waals surface area (Å²) in [6.07, 6.45) is 0.542. The number of ether oxygens (including phenoxy) is 2. The topological polar surface area (TPSA) is 78.6 Å². The van der Waals surface area contributed by atoms with E-state index in [2.05, 4.69) is 5.10 Å². The minimum absolute atomic E-state index is 0.128. The molecule has 8 heteroatoms. The Labute approximate surface area is 139 Å². The number of carbonyl (C=O) groups excluding carboxylic acids is 1. The van der Waals surface area contributed by atoms with E-state index in [0.29, 0.717) is 48.9 Å². The third-order valence-electron chi connectivity index (χ3n) is 4.21. The maximum atomic E-state index is 12.8. The van der Waals surface area contributed by atoms with Crippen molar-refractivity contribution in [1.29, 1.82) is 0 Å². The molecule has 1 aromatic carbocycles. The fraction of sp³-hybridized carbons (Fsp3) is 0.438. The van der Waals surface area contributed by atoms with Crippen LogP contribution >= 0.6 is 0 Å². The Kier molecular flexibility index (Phi) is 4.28. The molecule has 0 fully saturated rings. The SMILES string of the molecule is COc1ccc(C(=O)N2CCc3nn(C)c(=O)n3CC2)c(OC)c1. The van der Waals surface area contributed by atoms with Crippen LogP contribution in [0.1, 0.15) is 16.2 Å². The van der Waals surface area contributed by atoms with Crippen molar-refractivity contribution in [1.82, 2.24) is 19.2 Å². The average molecular weight is 332 g/mol. The van der Waals surface area contributed by atoms with Gasteiger partial charge in [0.2, 0.25) is 0 Å². The van der Waals surface area contributed by atoms with Gasteiger partial charge in [-0.3, -0.25) is 9.36 Å². The first-order chi connectivity index (χ1) is 11.5. The molecule has 2 aromatic rings. The van der Waals surface area contributed by atoms with Gasteiger partial charge in [0.15, 0.2) is 0 Å². The van der Waals surface area contributed by atoms with Crippen molar-refractivity contribution in [3.8, 4) is 11.5 Å². The van der Waals surface area contributed by atoms with Gasteiger partial charge >= 0.3 is 5.69 Å². The van der Waals surface area contributed by atoms with E-state index in [9.17, 15) is 9.59 Å². The fourth-order valence-electron chi connectivity index (χ4n) is 2.88. The number of benzene rings is 1. The first-order valence-electron chi connectivity index (χ1n) is 7.69. The average Bonchev–Trinajstić information content (AvgIpc) is 2.77. The maximum absolute atomic E-state index is 12.8. The molecule has 0 radical (unpaired) electrons. The van der Waals surface area contributed by atoms with Crippen LogP contribution in [-0.4, -0.2) is 52.5 Å². The van der Waals surface area contributed by atoms with Gasteiger partial charge in [-0.15, -0.1) is 0 Å². The van der Waals surface area contributed by atoms with Gasteiger partial charge in [-0.1, -0.05) is 0 Å². The molecule has 0 unspecified atom stereocenters. The van der Waals surface area contributed by atoms with Crippen LogP contribution in [0, 0.1) is 0 Å². The Morgan fingerprint density at radius 1 is 1.17 bits per heavy atom. The summed E-state index contributed by atoms with van der Waals surface area (Å²) in [5.41, 5.74) is 0.326. The van der Waals surface area contributed by atoms with Crippen molar-refractivity contribution in [2.45, 2.75) is 13.0 Å². The maximum Gasteiger partial charge on any atom is 0.345 e. The molecule has 1 aliphatic heterocycles. The number of amides is 1. The second-order valence-corrected chi connectivity index (χ2v) is 5.58. The number of nitrogens with zero attached hydrogens (tertiary/aromatic N) is 4. The standard InChI is InChI=1S/C16H20N4O4/c1-18-16(22)20-9-8-19(7-6-14(20)17-18)15(21)12-5-4-11(23-2)10-13(12)24-3/h4-5,10H,6-9H2,1-3H3. The lowest BCUT2D eigenvalue weighted by atomic mass is 10.1. The molecule has 8 nitrogen and oxygen atoms in total. The second kappa shape index (κ2) is 6.38. The van der Waals surface area contributed by atoms with Gasteiger partial charge in [-0.25, -0.2) is 9.48 Å². The zero-order chi connectivity index (χ0) is 17.3. The highest BCUT2D eigenvalue weighted by atomic mass is 16.5. The fourth-order valence-corrected chi connectivity index (χ4v) is 2.88. The van der Waals surface area contributed by atoms with Crippen molar-refractivity contribution in [2.75, 3.05) is 27.3 Å². The summed E-state index contributed by atoms with van der Waals surface area (Å²) in [5.74, 6) is 1.68. The molecule has 0 atom stereocenters. The van der Waals surface area contributed by atoms with E-state index in [0.717, 1.165) is 0 Å². The molecule has 0 bridgehead atoms. The van der Waals surface area contributed by atoms with Gasteiger partial charge in [-0.2, -0.15) is 5.10 Å². The van der Waals surface area contributed by atoms with E-state index in [1.165, 1.54) is 11.8 Å². The number of hydrogen-bond acceptors (Lipinski definition) is 5. The lowest BCUT2D eigenvalue weighted by Crippen LogP contribution is -2.35. The third-order valence-corrected chi connectivity index (χ3v) is 4.21. The van der Waals surface area contributed by atoms with Gasteiger partial charge in [0.05, 0.1) is 19.8 Å². The molecule has 0 spiro atoms. The molecule has 0 saturated heterocycles. The predicted octanol–water partition coefficient (Wildman–Crippen LogP) is 0.297. The van der Waals surface area contributed by atoms with E-state index < -0.39 is 0 Å². The Morgan fingerprint density at radius 2 is 1.96 bits per heavy atom. The van der Waals surface area contributed by atoms with Crippen LogP contribution in [0.25, 0.3) is 0 Å². The van der Waals surface area contributed by atoms with Crippen molar-refractivity contribution in [3.63, 3.8) is 0 Å². The molecule has 1 aliphatic rings. The molecule has 2 heterocycles. The summed E-state index contributed by atoms with van der Waals surface area (Å²) in [7, 11) is 4.72. The summed E-state index contributed by atoms with van der Waals surface area (Å²) in [5, 5.41) is 4.22. The summed E-state index contributed by atoms with van der Waals surface area (Å²) in [4.78, 5) is 26.6. The number of rotatable bonds is 3. The highest BCUT2D eigenvalue weighted by molar-refractivity contribution is 5.97. The first kappa shape index (κ1) is 16.1. The smallest absolute Gasteiger partial charge is 0.345 e. The Hall–Kier alpha value is -2.77. The van der Waals surface area contributed by atoms with Gasteiger partial charge in [0.25, 0.3) is 5.91 Å². The minimum atomic E-state index is -0.152. The monoisotopic (exact) mass is 332 g/mol. The third kappa shape index (κ3) is 2.75. The number of carbonyl (C=O) groups is 1. The Balaban J connectivity index is 1.83. The lowest BCUT2D eigenvalue weighted by Gasteiger charge is -2.21. The molecule has 128 valence electrons. The molecule has 3 rings (SSSR count). The molecule has 0 N–H and O–H groups in total. The Bertz CT molecular complexity index is 824. The van der Waals surface area contributed by atoms with E-state index in [1.807, 2.05) is 0 Å². The van der Waals surface area contributed by atoms with Gasteiger partial charge < -0.3 is 14.4 Å². The van der Waals surface area contributed by atoms with Gasteiger partial charge in [-0.05, 0) is 12.1 Å². The van der Waals surface area contributed by atoms with Crippen molar-refractivity contribution >= 4 is 5.91 Å². The van der Waals surface area contributed by atoms with E-state index >= 15 is 0 Å². The molecule has 1 aromatic heterocycles. The van der Waals surface area contributed by atoms with E-state index in [4.69, 9.17) is 9.47 Å². The first-order valence-corrected chi connectivity index (χ1v) is 7.69. The quantitative estimate of drug-likeness (QED) is 0.808. The Morgan fingerprint density at radius 3 is 2.67 bits per heavy atom. The van der Waals surface area contributed by atoms with Crippen LogP contribution in [-0.2, 0) is 20.0 Å². The molecular formula is C16H20N4O4. The summed E-state index contributed by atoms with van der Waals surface area (Å²) < 4.78 is 13.4. The van der Waals surface area contributed by atoms with Crippen LogP contribution in [0.2, 0.25) is 0 Å². The summed E-state index contributed by atoms with van der Waals surface area (Å²) in [6, 6.07) is 5.11. The van der Waals surface area contributed by atoms with Gasteiger partial charge in [0.1, 0.15) is 17.3 Å². The van der Waals surface area contributed by atoms with E-state index in [-0.39, 0.29) is 11.6 Å². The number of methoxy groups -OCH3 is 2. The van der Waals surface area contributed by atoms with Crippen molar-refractivity contribution < 1.29 is 14.3 Å². The van der Waals surface area contributed by atoms with E-state index in [1.54, 1.807) is 41.8 Å². The highest BCUT2D eigenvalue weighted by Gasteiger charge is 2.24. The van der Waals surface area contributed by atoms with Crippen LogP contribution < -0.4 is 15.2 Å². The normalized spacial score (nSPS) is 14.0. The zero-order valence-electron chi connectivity index (χ0n) is 14.0. The molecule has 1 amide bonds. The summed E-state index contributed by atoms with van der Waals surface area (Å²) >= 11 is 0. The van der Waals surface area contributed by atoms with Crippen LogP contribution in [0.4, 0.5) is 0 Å². The number of fused-ring (bicyclic) bond motifs is 1. The second-order valence-electron chi connectivity index (χ2n) is 5.58. The summed E-state index contributed by atoms with van der Waals surface area (Å²) in [6.45, 7) is 1.39. The molecule has 24 heavy (non-hydrogen) atoms. The van der Waals surface area contributed by atoms with Crippen LogP contribution in [0.5, 0.6) is 11.5 Å². The van der Waals surface area contributed by atoms with Crippen LogP contribution in [0.15, 0.2) is 23.0 Å². The molecular weight excluding hydrogens is 312 g/mol. The lowest BCUT2D eigenvalue weighted by molar-refractivity contribution is 0.0755. The molecule has 0 saturated carbocycles. The minimum Gasteiger partial charge on any atom is -0.497 e. The van der Waals surface area contributed by atoms with Crippen molar-refractivity contribution in [2.24, 2.45) is 7.05 Å². The predicted molar refractivity (Wildman–Crippen MR) is 86.6 cm³/mol. The highest BCUT2D eigenvalue weighted by Crippen LogP contribution is 2.26. The number of aromatic nitrogens is 3. The number of aryl methyl sites for hydroxylation is 1. The van der Waals surface area contributed by atoms with Crippen molar-refractivity contribution in [3.05, 3.63) is 40.1 Å². The molecule has 0 aliphatic carbocycles. The van der Waals surface area contributed by atoms with Crippen LogP contribution in [0.3, 0.4) is 0 Å². The number of hydrogen-bond donors (Lipinski definition) is 0.